The third-order valence-corrected chi connectivity index (χ3v) is 6.26. The van der Waals surface area contributed by atoms with E-state index in [2.05, 4.69) is 24.1 Å². The molecule has 2 nitrogen and oxygen atoms in total. The zero-order valence-corrected chi connectivity index (χ0v) is 14.6. The van der Waals surface area contributed by atoms with Gasteiger partial charge in [0.05, 0.1) is 0 Å². The van der Waals surface area contributed by atoms with Crippen LogP contribution >= 0.6 is 17.0 Å². The highest BCUT2D eigenvalue weighted by Gasteiger charge is 2.50. The fourth-order valence-electron chi connectivity index (χ4n) is 5.44. The summed E-state index contributed by atoms with van der Waals surface area (Å²) in [5.74, 6) is 2.12. The first-order valence-corrected chi connectivity index (χ1v) is 8.20. The Hall–Kier alpha value is -0.540. The summed E-state index contributed by atoms with van der Waals surface area (Å²) in [6.07, 6.45) is 7.99. The fraction of sp³-hybridized carbons (Fsp3) is 0.667. The Morgan fingerprint density at radius 2 is 2.10 bits per heavy atom. The molecule has 1 aromatic rings. The van der Waals surface area contributed by atoms with Gasteiger partial charge in [-0.3, -0.25) is 0 Å². The van der Waals surface area contributed by atoms with Gasteiger partial charge in [-0.25, -0.2) is 0 Å². The van der Waals surface area contributed by atoms with Gasteiger partial charge in [-0.1, -0.05) is 18.9 Å². The van der Waals surface area contributed by atoms with Crippen LogP contribution < -0.4 is 0 Å². The maximum atomic E-state index is 9.98. The molecule has 0 spiro atoms. The molecule has 3 heteroatoms. The molecule has 1 aromatic carbocycles. The predicted molar refractivity (Wildman–Crippen MR) is 91.4 cm³/mol. The second-order valence-corrected chi connectivity index (χ2v) is 7.33. The summed E-state index contributed by atoms with van der Waals surface area (Å²) >= 11 is 0. The maximum Gasteiger partial charge on any atom is 0.115 e. The lowest BCUT2D eigenvalue weighted by Gasteiger charge is -2.51. The highest BCUT2D eigenvalue weighted by Crippen LogP contribution is 2.55. The summed E-state index contributed by atoms with van der Waals surface area (Å²) in [5, 5.41) is 9.98. The minimum absolute atomic E-state index is 0. The van der Waals surface area contributed by atoms with Crippen molar-refractivity contribution in [2.45, 2.75) is 43.9 Å². The maximum absolute atomic E-state index is 9.98. The second kappa shape index (κ2) is 5.58. The summed E-state index contributed by atoms with van der Waals surface area (Å²) in [5.41, 5.74) is 3.37. The van der Waals surface area contributed by atoms with E-state index in [0.717, 1.165) is 11.8 Å². The molecule has 3 atom stereocenters. The normalized spacial score (nSPS) is 35.1. The number of hydrogen-bond acceptors (Lipinski definition) is 2. The Bertz CT molecular complexity index is 532. The van der Waals surface area contributed by atoms with Crippen molar-refractivity contribution in [1.29, 1.82) is 0 Å². The van der Waals surface area contributed by atoms with Crippen LogP contribution in [0.4, 0.5) is 0 Å². The van der Waals surface area contributed by atoms with E-state index in [1.54, 1.807) is 0 Å². The van der Waals surface area contributed by atoms with Crippen molar-refractivity contribution in [3.63, 3.8) is 0 Å². The average molecular weight is 352 g/mol. The quantitative estimate of drug-likeness (QED) is 0.765. The number of aromatic hydroxyl groups is 1. The molecule has 1 N–H and O–H groups in total. The van der Waals surface area contributed by atoms with Crippen LogP contribution in [0.25, 0.3) is 0 Å². The van der Waals surface area contributed by atoms with Gasteiger partial charge >= 0.3 is 0 Å². The Kier molecular flexibility index (Phi) is 4.08. The first-order chi connectivity index (χ1) is 9.69. The molecule has 21 heavy (non-hydrogen) atoms. The minimum Gasteiger partial charge on any atom is -0.508 e. The summed E-state index contributed by atoms with van der Waals surface area (Å²) in [7, 11) is 2.28. The molecule has 1 saturated heterocycles. The molecule has 0 unspecified atom stereocenters. The van der Waals surface area contributed by atoms with E-state index < -0.39 is 0 Å². The van der Waals surface area contributed by atoms with Crippen molar-refractivity contribution in [2.75, 3.05) is 20.1 Å². The monoisotopic (exact) mass is 351 g/mol. The molecule has 116 valence electrons. The zero-order valence-electron chi connectivity index (χ0n) is 12.8. The predicted octanol–water partition coefficient (Wildman–Crippen LogP) is 3.91. The van der Waals surface area contributed by atoms with Crippen LogP contribution in [0, 0.1) is 11.8 Å². The largest absolute Gasteiger partial charge is 0.508 e. The number of phenols is 1. The third-order valence-electron chi connectivity index (χ3n) is 6.26. The number of fused-ring (bicyclic) bond motifs is 1. The van der Waals surface area contributed by atoms with Gasteiger partial charge in [-0.2, -0.15) is 0 Å². The first-order valence-electron chi connectivity index (χ1n) is 8.20. The SMILES string of the molecule is Br.CN1CC[C@]23CCCC[C@@H]2[C@@H](Cc2ccc(O)cc23)C1. The average Bonchev–Trinajstić information content (AvgIpc) is 2.56. The number of benzene rings is 1. The summed E-state index contributed by atoms with van der Waals surface area (Å²) in [6.45, 7) is 2.47. The number of likely N-dealkylation sites (tertiary alicyclic amines) is 1. The van der Waals surface area contributed by atoms with Crippen LogP contribution in [0.3, 0.4) is 0 Å². The van der Waals surface area contributed by atoms with Crippen LogP contribution in [0.1, 0.15) is 43.2 Å². The lowest BCUT2D eigenvalue weighted by Crippen LogP contribution is -2.46. The molecular formula is C18H26BrNO. The van der Waals surface area contributed by atoms with E-state index >= 15 is 0 Å². The van der Waals surface area contributed by atoms with Gasteiger partial charge in [-0.05, 0) is 74.4 Å². The highest BCUT2D eigenvalue weighted by atomic mass is 79.9. The first kappa shape index (κ1) is 15.4. The minimum atomic E-state index is 0. The van der Waals surface area contributed by atoms with Crippen LogP contribution in [0.2, 0.25) is 0 Å². The molecule has 1 saturated carbocycles. The molecule has 2 aliphatic carbocycles. The smallest absolute Gasteiger partial charge is 0.115 e. The van der Waals surface area contributed by atoms with Crippen LogP contribution in [0.5, 0.6) is 5.75 Å². The van der Waals surface area contributed by atoms with E-state index in [1.165, 1.54) is 62.7 Å². The van der Waals surface area contributed by atoms with Gasteiger partial charge < -0.3 is 10.0 Å². The highest BCUT2D eigenvalue weighted by molar-refractivity contribution is 8.93. The van der Waals surface area contributed by atoms with Crippen molar-refractivity contribution >= 4 is 17.0 Å². The van der Waals surface area contributed by atoms with E-state index in [1.807, 2.05) is 6.07 Å². The molecule has 1 heterocycles. The van der Waals surface area contributed by atoms with E-state index in [9.17, 15) is 5.11 Å². The summed E-state index contributed by atoms with van der Waals surface area (Å²) in [6, 6.07) is 6.17. The van der Waals surface area contributed by atoms with Gasteiger partial charge in [0, 0.05) is 12.0 Å². The number of hydrogen-bond donors (Lipinski definition) is 1. The number of halogens is 1. The van der Waals surface area contributed by atoms with Crippen molar-refractivity contribution in [1.82, 2.24) is 4.90 Å². The number of rotatable bonds is 0. The van der Waals surface area contributed by atoms with E-state index in [0.29, 0.717) is 11.2 Å². The molecular weight excluding hydrogens is 326 g/mol. The van der Waals surface area contributed by atoms with Crippen molar-refractivity contribution in [3.05, 3.63) is 29.3 Å². The Morgan fingerprint density at radius 1 is 1.24 bits per heavy atom. The second-order valence-electron chi connectivity index (χ2n) is 7.33. The van der Waals surface area contributed by atoms with Gasteiger partial charge in [0.25, 0.3) is 0 Å². The molecule has 0 amide bonds. The zero-order chi connectivity index (χ0) is 13.7. The van der Waals surface area contributed by atoms with E-state index in [4.69, 9.17) is 0 Å². The van der Waals surface area contributed by atoms with Gasteiger partial charge in [0.2, 0.25) is 0 Å². The standard InChI is InChI=1S/C18H25NO.BrH/c1-19-9-8-18-7-3-2-4-16(18)14(12-19)10-13-5-6-15(20)11-17(13)18;/h5-6,11,14,16,20H,2-4,7-10,12H2,1H3;1H/t14-,16+,18+;/m0./s1. The topological polar surface area (TPSA) is 23.5 Å². The van der Waals surface area contributed by atoms with Crippen molar-refractivity contribution in [3.8, 4) is 5.75 Å². The number of nitrogens with zero attached hydrogens (tertiary/aromatic N) is 1. The molecule has 1 aliphatic heterocycles. The van der Waals surface area contributed by atoms with Crippen LogP contribution in [-0.2, 0) is 11.8 Å². The fourth-order valence-corrected chi connectivity index (χ4v) is 5.44. The van der Waals surface area contributed by atoms with Gasteiger partial charge in [0.15, 0.2) is 0 Å². The van der Waals surface area contributed by atoms with E-state index in [-0.39, 0.29) is 17.0 Å². The lowest BCUT2D eigenvalue weighted by molar-refractivity contribution is 0.110. The molecule has 2 bridgehead atoms. The van der Waals surface area contributed by atoms with Gasteiger partial charge in [0.1, 0.15) is 5.75 Å². The van der Waals surface area contributed by atoms with Crippen LogP contribution in [-0.4, -0.2) is 30.1 Å². The number of phenolic OH excluding ortho intramolecular Hbond substituents is 1. The lowest BCUT2D eigenvalue weighted by atomic mass is 9.53. The van der Waals surface area contributed by atoms with Crippen molar-refractivity contribution < 1.29 is 5.11 Å². The molecule has 0 aromatic heterocycles. The Labute approximate surface area is 138 Å². The Balaban J connectivity index is 0.00000132. The van der Waals surface area contributed by atoms with Crippen LogP contribution in [0.15, 0.2) is 18.2 Å². The molecule has 3 aliphatic rings. The Morgan fingerprint density at radius 3 is 2.95 bits per heavy atom. The molecule has 2 fully saturated rings. The van der Waals surface area contributed by atoms with Gasteiger partial charge in [-0.15, -0.1) is 17.0 Å². The molecule has 4 rings (SSSR count). The molecule has 0 radical (unpaired) electrons. The summed E-state index contributed by atoms with van der Waals surface area (Å²) in [4.78, 5) is 2.54. The summed E-state index contributed by atoms with van der Waals surface area (Å²) < 4.78 is 0. The van der Waals surface area contributed by atoms with Crippen molar-refractivity contribution in [2.24, 2.45) is 11.8 Å². The third kappa shape index (κ3) is 2.33.